The summed E-state index contributed by atoms with van der Waals surface area (Å²) in [5.41, 5.74) is 1.91. The molecule has 0 spiro atoms. The van der Waals surface area contributed by atoms with E-state index in [1.165, 1.54) is 29.2 Å². The van der Waals surface area contributed by atoms with Crippen LogP contribution in [0.15, 0.2) is 43.0 Å². The van der Waals surface area contributed by atoms with E-state index in [9.17, 15) is 19.0 Å². The minimum absolute atomic E-state index is 0.0557. The Bertz CT molecular complexity index is 1490. The van der Waals surface area contributed by atoms with Gasteiger partial charge in [-0.3, -0.25) is 4.98 Å². The van der Waals surface area contributed by atoms with Crippen molar-refractivity contribution in [2.24, 2.45) is 5.41 Å². The molecular formula is C26H25F2N7O2. The molecule has 0 saturated heterocycles. The standard InChI is InChI=1S/C26H25F2N7O2/c1-25(2)16-6-7-26(25,23-15(16)8-19(33-34-23)22-17(27)4-3-5-18(22)28)21-10-29-9-20(32-21)24-30-13-31-35(24)11-14(37)12-36/h3-5,8-10,13-14,16,36-37H,6-7,11-12H2,1-2H3/t14-,16+,26+/m1/s1. The van der Waals surface area contributed by atoms with Gasteiger partial charge in [0.1, 0.15) is 23.7 Å². The lowest BCUT2D eigenvalue weighted by atomic mass is 9.66. The van der Waals surface area contributed by atoms with Crippen LogP contribution in [-0.2, 0) is 12.0 Å². The number of hydrogen-bond donors (Lipinski definition) is 2. The van der Waals surface area contributed by atoms with Crippen LogP contribution in [0.2, 0.25) is 0 Å². The maximum Gasteiger partial charge on any atom is 0.178 e. The smallest absolute Gasteiger partial charge is 0.178 e. The topological polar surface area (TPSA) is 123 Å². The van der Waals surface area contributed by atoms with E-state index in [1.54, 1.807) is 18.5 Å². The van der Waals surface area contributed by atoms with Crippen molar-refractivity contribution in [3.63, 3.8) is 0 Å². The van der Waals surface area contributed by atoms with Crippen LogP contribution in [0.4, 0.5) is 8.78 Å². The van der Waals surface area contributed by atoms with Gasteiger partial charge in [-0.25, -0.2) is 23.4 Å². The molecule has 1 aromatic carbocycles. The third-order valence-electron chi connectivity index (χ3n) is 8.11. The molecule has 1 fully saturated rings. The molecule has 6 rings (SSSR count). The van der Waals surface area contributed by atoms with Gasteiger partial charge in [0.2, 0.25) is 0 Å². The van der Waals surface area contributed by atoms with Crippen LogP contribution in [0.1, 0.15) is 49.6 Å². The van der Waals surface area contributed by atoms with Crippen LogP contribution in [0.25, 0.3) is 22.8 Å². The molecule has 0 unspecified atom stereocenters. The molecule has 0 aliphatic heterocycles. The number of aromatic nitrogens is 7. The first-order valence-electron chi connectivity index (χ1n) is 12.1. The third-order valence-corrected chi connectivity index (χ3v) is 8.11. The van der Waals surface area contributed by atoms with Crippen LogP contribution in [0.5, 0.6) is 0 Å². The van der Waals surface area contributed by atoms with Crippen molar-refractivity contribution in [2.45, 2.75) is 50.7 Å². The van der Waals surface area contributed by atoms with Gasteiger partial charge in [-0.2, -0.15) is 10.2 Å². The van der Waals surface area contributed by atoms with E-state index in [-0.39, 0.29) is 29.1 Å². The highest BCUT2D eigenvalue weighted by Crippen LogP contribution is 2.69. The van der Waals surface area contributed by atoms with E-state index in [0.29, 0.717) is 17.2 Å². The lowest BCUT2D eigenvalue weighted by Gasteiger charge is -2.37. The summed E-state index contributed by atoms with van der Waals surface area (Å²) in [5.74, 6) is -0.846. The van der Waals surface area contributed by atoms with Crippen molar-refractivity contribution in [3.8, 4) is 22.8 Å². The Hall–Kier alpha value is -3.70. The maximum atomic E-state index is 14.5. The van der Waals surface area contributed by atoms with Crippen molar-refractivity contribution in [1.82, 2.24) is 34.9 Å². The van der Waals surface area contributed by atoms with Gasteiger partial charge in [0.05, 0.1) is 53.5 Å². The average Bonchev–Trinajstić information content (AvgIpc) is 3.51. The monoisotopic (exact) mass is 505 g/mol. The molecule has 2 aliphatic rings. The van der Waals surface area contributed by atoms with Gasteiger partial charge in [0.25, 0.3) is 0 Å². The number of aliphatic hydroxyl groups excluding tert-OH is 2. The second-order valence-corrected chi connectivity index (χ2v) is 10.2. The van der Waals surface area contributed by atoms with E-state index in [1.807, 2.05) is 0 Å². The molecule has 2 bridgehead atoms. The predicted molar refractivity (Wildman–Crippen MR) is 128 cm³/mol. The van der Waals surface area contributed by atoms with E-state index in [4.69, 9.17) is 4.98 Å². The average molecular weight is 506 g/mol. The van der Waals surface area contributed by atoms with Gasteiger partial charge >= 0.3 is 0 Å². The Kier molecular flexibility index (Phi) is 5.39. The van der Waals surface area contributed by atoms with Gasteiger partial charge in [0, 0.05) is 6.20 Å². The molecule has 3 atom stereocenters. The van der Waals surface area contributed by atoms with Crippen molar-refractivity contribution in [3.05, 3.63) is 71.6 Å². The molecule has 4 aromatic rings. The number of nitrogens with zero attached hydrogens (tertiary/aromatic N) is 7. The summed E-state index contributed by atoms with van der Waals surface area (Å²) in [6, 6.07) is 5.52. The zero-order chi connectivity index (χ0) is 25.9. The molecule has 2 N–H and O–H groups in total. The Morgan fingerprint density at radius 3 is 2.68 bits per heavy atom. The summed E-state index contributed by atoms with van der Waals surface area (Å²) in [6.07, 6.45) is 5.30. The predicted octanol–water partition coefficient (Wildman–Crippen LogP) is 3.03. The Balaban J connectivity index is 1.47. The summed E-state index contributed by atoms with van der Waals surface area (Å²) < 4.78 is 30.5. The number of aliphatic hydroxyl groups is 2. The van der Waals surface area contributed by atoms with Crippen molar-refractivity contribution < 1.29 is 19.0 Å². The number of rotatable bonds is 6. The summed E-state index contributed by atoms with van der Waals surface area (Å²) >= 11 is 0. The fourth-order valence-electron chi connectivity index (χ4n) is 6.29. The molecule has 190 valence electrons. The first-order valence-corrected chi connectivity index (χ1v) is 12.1. The zero-order valence-corrected chi connectivity index (χ0v) is 20.3. The highest BCUT2D eigenvalue weighted by Gasteiger charge is 2.65. The van der Waals surface area contributed by atoms with Crippen LogP contribution in [0.3, 0.4) is 0 Å². The quantitative estimate of drug-likeness (QED) is 0.410. The molecule has 11 heteroatoms. The summed E-state index contributed by atoms with van der Waals surface area (Å²) in [4.78, 5) is 13.7. The molecule has 3 aromatic heterocycles. The summed E-state index contributed by atoms with van der Waals surface area (Å²) in [6.45, 7) is 3.96. The Morgan fingerprint density at radius 2 is 1.92 bits per heavy atom. The van der Waals surface area contributed by atoms with E-state index in [2.05, 4.69) is 39.1 Å². The normalized spacial score (nSPS) is 22.3. The first-order chi connectivity index (χ1) is 17.8. The van der Waals surface area contributed by atoms with E-state index < -0.39 is 29.8 Å². The van der Waals surface area contributed by atoms with Gasteiger partial charge < -0.3 is 10.2 Å². The Labute approximate surface area is 211 Å². The van der Waals surface area contributed by atoms with Crippen molar-refractivity contribution in [2.75, 3.05) is 6.61 Å². The van der Waals surface area contributed by atoms with Crippen LogP contribution >= 0.6 is 0 Å². The highest BCUT2D eigenvalue weighted by atomic mass is 19.1. The summed E-state index contributed by atoms with van der Waals surface area (Å²) in [7, 11) is 0. The number of hydrogen-bond acceptors (Lipinski definition) is 8. The number of benzene rings is 1. The second kappa shape index (κ2) is 8.42. The number of halogens is 2. The molecule has 9 nitrogen and oxygen atoms in total. The minimum atomic E-state index is -0.991. The molecule has 0 amide bonds. The molecule has 3 heterocycles. The first kappa shape index (κ1) is 23.7. The second-order valence-electron chi connectivity index (χ2n) is 10.2. The molecular weight excluding hydrogens is 480 g/mol. The minimum Gasteiger partial charge on any atom is -0.394 e. The number of fused-ring (bicyclic) bond motifs is 5. The van der Waals surface area contributed by atoms with Gasteiger partial charge in [0.15, 0.2) is 5.82 Å². The van der Waals surface area contributed by atoms with Gasteiger partial charge in [-0.1, -0.05) is 19.9 Å². The lowest BCUT2D eigenvalue weighted by molar-refractivity contribution is 0.0786. The Morgan fingerprint density at radius 1 is 1.14 bits per heavy atom. The summed E-state index contributed by atoms with van der Waals surface area (Å²) in [5, 5.41) is 32.1. The SMILES string of the molecule is CC1(C)[C@H]2CC[C@]1(c1cncc(-c3ncnn3C[C@@H](O)CO)n1)c1nnc(-c3c(F)cccc3F)cc12. The molecule has 1 saturated carbocycles. The van der Waals surface area contributed by atoms with E-state index >= 15 is 0 Å². The molecule has 37 heavy (non-hydrogen) atoms. The fourth-order valence-corrected chi connectivity index (χ4v) is 6.29. The van der Waals surface area contributed by atoms with Crippen LogP contribution < -0.4 is 0 Å². The molecule has 2 aliphatic carbocycles. The lowest BCUT2D eigenvalue weighted by Crippen LogP contribution is -2.38. The third kappa shape index (κ3) is 3.33. The highest BCUT2D eigenvalue weighted by molar-refractivity contribution is 5.64. The van der Waals surface area contributed by atoms with Crippen LogP contribution in [0, 0.1) is 17.0 Å². The molecule has 0 radical (unpaired) electrons. The fraction of sp³-hybridized carbons (Fsp3) is 0.385. The zero-order valence-electron chi connectivity index (χ0n) is 20.3. The van der Waals surface area contributed by atoms with Gasteiger partial charge in [-0.05, 0) is 47.9 Å². The maximum absolute atomic E-state index is 14.5. The van der Waals surface area contributed by atoms with E-state index in [0.717, 1.165) is 24.1 Å². The largest absolute Gasteiger partial charge is 0.394 e. The van der Waals surface area contributed by atoms with Gasteiger partial charge in [-0.15, -0.1) is 5.10 Å². The van der Waals surface area contributed by atoms with Crippen LogP contribution in [-0.4, -0.2) is 57.9 Å². The van der Waals surface area contributed by atoms with Crippen molar-refractivity contribution >= 4 is 0 Å². The van der Waals surface area contributed by atoms with Crippen molar-refractivity contribution in [1.29, 1.82) is 0 Å².